The lowest BCUT2D eigenvalue weighted by Crippen LogP contribution is -2.57. The fraction of sp³-hybridized carbons (Fsp3) is 0.833. The summed E-state index contributed by atoms with van der Waals surface area (Å²) in [6, 6.07) is 0. The standard InChI is InChI=1S/C12H19NO5/c1-16-11(15)12(4-2-3-5-12)13-10(14)9-8-17-6-7-18-9/h9H,2-8H2,1H3,(H,13,14). The van der Waals surface area contributed by atoms with Gasteiger partial charge in [0, 0.05) is 0 Å². The number of amides is 1. The zero-order valence-corrected chi connectivity index (χ0v) is 10.6. The molecule has 1 unspecified atom stereocenters. The first-order valence-corrected chi connectivity index (χ1v) is 6.28. The molecule has 1 saturated heterocycles. The highest BCUT2D eigenvalue weighted by Crippen LogP contribution is 2.31. The number of carbonyl (C=O) groups excluding carboxylic acids is 2. The molecule has 0 radical (unpaired) electrons. The predicted octanol–water partition coefficient (Wildman–Crippen LogP) is 0.00380. The quantitative estimate of drug-likeness (QED) is 0.721. The van der Waals surface area contributed by atoms with E-state index < -0.39 is 11.6 Å². The van der Waals surface area contributed by atoms with Gasteiger partial charge in [0.2, 0.25) is 0 Å². The molecule has 0 aromatic heterocycles. The fourth-order valence-electron chi connectivity index (χ4n) is 2.51. The Morgan fingerprint density at radius 2 is 2.00 bits per heavy atom. The summed E-state index contributed by atoms with van der Waals surface area (Å²) < 4.78 is 15.3. The highest BCUT2D eigenvalue weighted by molar-refractivity contribution is 5.90. The van der Waals surface area contributed by atoms with Crippen molar-refractivity contribution in [2.75, 3.05) is 26.9 Å². The number of carbonyl (C=O) groups is 2. The number of rotatable bonds is 3. The first kappa shape index (κ1) is 13.3. The number of methoxy groups -OCH3 is 1. The third-order valence-corrected chi connectivity index (χ3v) is 3.50. The molecule has 1 heterocycles. The zero-order chi connectivity index (χ0) is 13.0. The summed E-state index contributed by atoms with van der Waals surface area (Å²) in [5.41, 5.74) is -0.868. The van der Waals surface area contributed by atoms with E-state index in [4.69, 9.17) is 14.2 Å². The van der Waals surface area contributed by atoms with E-state index in [2.05, 4.69) is 5.32 Å². The van der Waals surface area contributed by atoms with Crippen LogP contribution in [0, 0.1) is 0 Å². The molecular formula is C12H19NO5. The van der Waals surface area contributed by atoms with Gasteiger partial charge in [-0.25, -0.2) is 4.79 Å². The summed E-state index contributed by atoms with van der Waals surface area (Å²) in [6.07, 6.45) is 2.45. The molecule has 0 aromatic carbocycles. The minimum Gasteiger partial charge on any atom is -0.467 e. The summed E-state index contributed by atoms with van der Waals surface area (Å²) in [5, 5.41) is 2.79. The Bertz CT molecular complexity index is 318. The van der Waals surface area contributed by atoms with Crippen molar-refractivity contribution in [2.24, 2.45) is 0 Å². The lowest BCUT2D eigenvalue weighted by molar-refractivity contribution is -0.157. The SMILES string of the molecule is COC(=O)C1(NC(=O)C2COCCO2)CCCC1. The van der Waals surface area contributed by atoms with Gasteiger partial charge in [0.25, 0.3) is 5.91 Å². The first-order valence-electron chi connectivity index (χ1n) is 6.28. The van der Waals surface area contributed by atoms with E-state index in [1.54, 1.807) is 0 Å². The van der Waals surface area contributed by atoms with Crippen molar-refractivity contribution in [1.82, 2.24) is 5.32 Å². The van der Waals surface area contributed by atoms with E-state index in [9.17, 15) is 9.59 Å². The molecule has 1 atom stereocenters. The lowest BCUT2D eigenvalue weighted by Gasteiger charge is -2.30. The maximum atomic E-state index is 12.1. The Morgan fingerprint density at radius 3 is 2.56 bits per heavy atom. The van der Waals surface area contributed by atoms with Crippen LogP contribution in [0.1, 0.15) is 25.7 Å². The van der Waals surface area contributed by atoms with Crippen LogP contribution in [0.3, 0.4) is 0 Å². The van der Waals surface area contributed by atoms with E-state index in [0.29, 0.717) is 26.1 Å². The Hall–Kier alpha value is -1.14. The second kappa shape index (κ2) is 5.67. The third-order valence-electron chi connectivity index (χ3n) is 3.50. The van der Waals surface area contributed by atoms with Crippen molar-refractivity contribution in [3.05, 3.63) is 0 Å². The first-order chi connectivity index (χ1) is 8.68. The van der Waals surface area contributed by atoms with Gasteiger partial charge >= 0.3 is 5.97 Å². The van der Waals surface area contributed by atoms with Crippen LogP contribution in [0.25, 0.3) is 0 Å². The summed E-state index contributed by atoms with van der Waals surface area (Å²) >= 11 is 0. The maximum absolute atomic E-state index is 12.1. The second-order valence-electron chi connectivity index (χ2n) is 4.70. The van der Waals surface area contributed by atoms with Gasteiger partial charge in [-0.1, -0.05) is 12.8 Å². The Balaban J connectivity index is 2.00. The van der Waals surface area contributed by atoms with Gasteiger partial charge in [-0.2, -0.15) is 0 Å². The maximum Gasteiger partial charge on any atom is 0.331 e. The number of hydrogen-bond acceptors (Lipinski definition) is 5. The minimum absolute atomic E-state index is 0.239. The Labute approximate surface area is 106 Å². The van der Waals surface area contributed by atoms with Crippen molar-refractivity contribution in [1.29, 1.82) is 0 Å². The molecule has 6 nitrogen and oxygen atoms in total. The molecule has 1 N–H and O–H groups in total. The second-order valence-corrected chi connectivity index (χ2v) is 4.70. The van der Waals surface area contributed by atoms with E-state index in [-0.39, 0.29) is 18.5 Å². The topological polar surface area (TPSA) is 73.9 Å². The average Bonchev–Trinajstić information content (AvgIpc) is 2.88. The molecule has 1 aliphatic heterocycles. The van der Waals surface area contributed by atoms with Gasteiger partial charge in [0.05, 0.1) is 26.9 Å². The normalized spacial score (nSPS) is 26.6. The third kappa shape index (κ3) is 2.64. The molecule has 1 amide bonds. The molecule has 2 rings (SSSR count). The molecular weight excluding hydrogens is 238 g/mol. The van der Waals surface area contributed by atoms with Crippen molar-refractivity contribution in [2.45, 2.75) is 37.3 Å². The van der Waals surface area contributed by atoms with Gasteiger partial charge in [-0.3, -0.25) is 4.79 Å². The van der Waals surface area contributed by atoms with E-state index in [0.717, 1.165) is 12.8 Å². The fourth-order valence-corrected chi connectivity index (χ4v) is 2.51. The molecule has 6 heteroatoms. The molecule has 102 valence electrons. The molecule has 2 fully saturated rings. The van der Waals surface area contributed by atoms with Gasteiger partial charge in [-0.15, -0.1) is 0 Å². The largest absolute Gasteiger partial charge is 0.467 e. The summed E-state index contributed by atoms with van der Waals surface area (Å²) in [5.74, 6) is -0.660. The molecule has 18 heavy (non-hydrogen) atoms. The van der Waals surface area contributed by atoms with Crippen LogP contribution in [0.5, 0.6) is 0 Å². The summed E-state index contributed by atoms with van der Waals surface area (Å²) in [6.45, 7) is 1.15. The molecule has 2 aliphatic rings. The van der Waals surface area contributed by atoms with Crippen LogP contribution < -0.4 is 5.32 Å². The van der Waals surface area contributed by atoms with E-state index >= 15 is 0 Å². The monoisotopic (exact) mass is 257 g/mol. The van der Waals surface area contributed by atoms with E-state index in [1.807, 2.05) is 0 Å². The number of ether oxygens (including phenoxy) is 3. The highest BCUT2D eigenvalue weighted by atomic mass is 16.6. The van der Waals surface area contributed by atoms with Crippen molar-refractivity contribution in [3.63, 3.8) is 0 Å². The van der Waals surface area contributed by atoms with Crippen LogP contribution in [0.4, 0.5) is 0 Å². The van der Waals surface area contributed by atoms with Crippen LogP contribution in [-0.2, 0) is 23.8 Å². The number of hydrogen-bond donors (Lipinski definition) is 1. The van der Waals surface area contributed by atoms with Crippen molar-refractivity contribution >= 4 is 11.9 Å². The minimum atomic E-state index is -0.868. The van der Waals surface area contributed by atoms with Gasteiger partial charge in [-0.05, 0) is 12.8 Å². The lowest BCUT2D eigenvalue weighted by atomic mass is 9.97. The number of nitrogens with one attached hydrogen (secondary N) is 1. The molecule has 1 aliphatic carbocycles. The molecule has 0 bridgehead atoms. The van der Waals surface area contributed by atoms with Crippen LogP contribution in [-0.4, -0.2) is 50.4 Å². The number of esters is 1. The predicted molar refractivity (Wildman–Crippen MR) is 61.9 cm³/mol. The molecule has 0 spiro atoms. The zero-order valence-electron chi connectivity index (χ0n) is 10.6. The summed E-state index contributed by atoms with van der Waals surface area (Å²) in [4.78, 5) is 23.9. The van der Waals surface area contributed by atoms with Gasteiger partial charge in [0.15, 0.2) is 6.10 Å². The average molecular weight is 257 g/mol. The smallest absolute Gasteiger partial charge is 0.331 e. The van der Waals surface area contributed by atoms with Gasteiger partial charge < -0.3 is 19.5 Å². The van der Waals surface area contributed by atoms with Crippen LogP contribution >= 0.6 is 0 Å². The van der Waals surface area contributed by atoms with E-state index in [1.165, 1.54) is 7.11 Å². The summed E-state index contributed by atoms with van der Waals surface area (Å²) in [7, 11) is 1.34. The van der Waals surface area contributed by atoms with Crippen LogP contribution in [0.2, 0.25) is 0 Å². The Morgan fingerprint density at radius 1 is 1.28 bits per heavy atom. The van der Waals surface area contributed by atoms with Crippen molar-refractivity contribution < 1.29 is 23.8 Å². The highest BCUT2D eigenvalue weighted by Gasteiger charge is 2.44. The van der Waals surface area contributed by atoms with Crippen LogP contribution in [0.15, 0.2) is 0 Å². The van der Waals surface area contributed by atoms with Gasteiger partial charge in [0.1, 0.15) is 5.54 Å². The molecule has 0 aromatic rings. The Kier molecular flexibility index (Phi) is 4.19. The molecule has 1 saturated carbocycles. The van der Waals surface area contributed by atoms with Crippen molar-refractivity contribution in [3.8, 4) is 0 Å².